The van der Waals surface area contributed by atoms with Crippen molar-refractivity contribution >= 4 is 22.9 Å². The minimum absolute atomic E-state index is 0.905. The van der Waals surface area contributed by atoms with E-state index in [0.717, 1.165) is 28.1 Å². The molecule has 0 amide bonds. The molecule has 0 spiro atoms. The van der Waals surface area contributed by atoms with Crippen molar-refractivity contribution < 1.29 is 9.90 Å². The van der Waals surface area contributed by atoms with Gasteiger partial charge in [-0.3, -0.25) is 4.68 Å². The van der Waals surface area contributed by atoms with E-state index in [0.29, 0.717) is 0 Å². The Morgan fingerprint density at radius 2 is 2.25 bits per heavy atom. The minimum atomic E-state index is -0.939. The molecule has 0 bridgehead atoms. The van der Waals surface area contributed by atoms with Gasteiger partial charge in [-0.15, -0.1) is 0 Å². The molecule has 0 atom stereocenters. The number of nitrogens with zero attached hydrogens (tertiary/aromatic N) is 2. The van der Waals surface area contributed by atoms with Crippen molar-refractivity contribution in [1.29, 1.82) is 0 Å². The average Bonchev–Trinajstić information content (AvgIpc) is 2.60. The summed E-state index contributed by atoms with van der Waals surface area (Å²) in [5.74, 6) is -0.939. The third-order valence-electron chi connectivity index (χ3n) is 2.65. The van der Waals surface area contributed by atoms with Crippen LogP contribution in [0.3, 0.4) is 0 Å². The molecule has 0 unspecified atom stereocenters. The molecule has 4 nitrogen and oxygen atoms in total. The summed E-state index contributed by atoms with van der Waals surface area (Å²) in [5, 5.41) is 13.8. The summed E-state index contributed by atoms with van der Waals surface area (Å²) in [6.07, 6.45) is 4.54. The fourth-order valence-electron chi connectivity index (χ4n) is 1.72. The maximum absolute atomic E-state index is 10.4. The second kappa shape index (κ2) is 3.81. The molecule has 0 saturated carbocycles. The fraction of sp³-hybridized carbons (Fsp3) is 0.167. The molecule has 1 N–H and O–H groups in total. The van der Waals surface area contributed by atoms with E-state index < -0.39 is 5.97 Å². The monoisotopic (exact) mass is 216 g/mol. The molecule has 4 heteroatoms. The van der Waals surface area contributed by atoms with Gasteiger partial charge < -0.3 is 5.11 Å². The highest BCUT2D eigenvalue weighted by molar-refractivity contribution is 5.89. The molecule has 0 aliphatic carbocycles. The normalized spacial score (nSPS) is 11.4. The van der Waals surface area contributed by atoms with Gasteiger partial charge in [0.15, 0.2) is 0 Å². The lowest BCUT2D eigenvalue weighted by Crippen LogP contribution is -1.90. The van der Waals surface area contributed by atoms with E-state index in [-0.39, 0.29) is 0 Å². The maximum atomic E-state index is 10.4. The van der Waals surface area contributed by atoms with Crippen LogP contribution in [0.5, 0.6) is 0 Å². The highest BCUT2D eigenvalue weighted by Gasteiger charge is 2.05. The largest absolute Gasteiger partial charge is 0.478 e. The van der Waals surface area contributed by atoms with Crippen LogP contribution in [-0.4, -0.2) is 20.9 Å². The van der Waals surface area contributed by atoms with E-state index in [9.17, 15) is 4.79 Å². The molecule has 1 heterocycles. The smallest absolute Gasteiger partial charge is 0.328 e. The molecule has 0 saturated heterocycles. The minimum Gasteiger partial charge on any atom is -0.478 e. The summed E-state index contributed by atoms with van der Waals surface area (Å²) in [5.41, 5.74) is 3.00. The summed E-state index contributed by atoms with van der Waals surface area (Å²) >= 11 is 0. The number of fused-ring (bicyclic) bond motifs is 1. The molecule has 16 heavy (non-hydrogen) atoms. The van der Waals surface area contributed by atoms with Gasteiger partial charge in [0, 0.05) is 18.5 Å². The maximum Gasteiger partial charge on any atom is 0.328 e. The SMILES string of the molecule is Cc1c(/C=C/C(=O)O)ccc2c1cnn2C. The number of hydrogen-bond donors (Lipinski definition) is 1. The number of carbonyl (C=O) groups is 1. The van der Waals surface area contributed by atoms with Gasteiger partial charge in [-0.05, 0) is 30.2 Å². The van der Waals surface area contributed by atoms with Gasteiger partial charge in [0.25, 0.3) is 0 Å². The number of benzene rings is 1. The van der Waals surface area contributed by atoms with Gasteiger partial charge >= 0.3 is 5.97 Å². The Morgan fingerprint density at radius 1 is 1.50 bits per heavy atom. The molecule has 2 rings (SSSR count). The van der Waals surface area contributed by atoms with Crippen LogP contribution < -0.4 is 0 Å². The van der Waals surface area contributed by atoms with E-state index in [4.69, 9.17) is 5.11 Å². The van der Waals surface area contributed by atoms with Crippen molar-refractivity contribution in [1.82, 2.24) is 9.78 Å². The van der Waals surface area contributed by atoms with Crippen LogP contribution in [0.15, 0.2) is 24.4 Å². The molecule has 1 aromatic heterocycles. The van der Waals surface area contributed by atoms with Gasteiger partial charge in [0.05, 0.1) is 11.7 Å². The lowest BCUT2D eigenvalue weighted by atomic mass is 10.0. The predicted molar refractivity (Wildman–Crippen MR) is 62.1 cm³/mol. The summed E-state index contributed by atoms with van der Waals surface area (Å²) in [4.78, 5) is 10.4. The Morgan fingerprint density at radius 3 is 2.94 bits per heavy atom. The summed E-state index contributed by atoms with van der Waals surface area (Å²) in [6.45, 7) is 1.96. The van der Waals surface area contributed by atoms with E-state index in [1.807, 2.05) is 26.1 Å². The van der Waals surface area contributed by atoms with Crippen LogP contribution in [-0.2, 0) is 11.8 Å². The van der Waals surface area contributed by atoms with Crippen molar-refractivity contribution in [2.45, 2.75) is 6.92 Å². The van der Waals surface area contributed by atoms with Crippen LogP contribution in [0.1, 0.15) is 11.1 Å². The van der Waals surface area contributed by atoms with Crippen LogP contribution in [0.4, 0.5) is 0 Å². The molecular formula is C12H12N2O2. The zero-order valence-corrected chi connectivity index (χ0v) is 9.14. The number of aromatic nitrogens is 2. The van der Waals surface area contributed by atoms with Crippen molar-refractivity contribution in [3.63, 3.8) is 0 Å². The average molecular weight is 216 g/mol. The third kappa shape index (κ3) is 1.69. The summed E-state index contributed by atoms with van der Waals surface area (Å²) < 4.78 is 1.80. The lowest BCUT2D eigenvalue weighted by molar-refractivity contribution is -0.131. The fourth-order valence-corrected chi connectivity index (χ4v) is 1.72. The number of aliphatic carboxylic acids is 1. The quantitative estimate of drug-likeness (QED) is 0.781. The number of aryl methyl sites for hydroxylation is 2. The van der Waals surface area contributed by atoms with Gasteiger partial charge in [-0.25, -0.2) is 4.79 Å². The first-order valence-corrected chi connectivity index (χ1v) is 4.92. The van der Waals surface area contributed by atoms with Gasteiger partial charge in [0.1, 0.15) is 0 Å². The van der Waals surface area contributed by atoms with Crippen molar-refractivity contribution in [3.05, 3.63) is 35.5 Å². The van der Waals surface area contributed by atoms with E-state index in [1.165, 1.54) is 0 Å². The topological polar surface area (TPSA) is 55.1 Å². The van der Waals surface area contributed by atoms with Crippen LogP contribution in [0, 0.1) is 6.92 Å². The highest BCUT2D eigenvalue weighted by atomic mass is 16.4. The number of carboxylic acids is 1. The van der Waals surface area contributed by atoms with Crippen molar-refractivity contribution in [2.24, 2.45) is 7.05 Å². The zero-order valence-electron chi connectivity index (χ0n) is 9.14. The Kier molecular flexibility index (Phi) is 2.48. The van der Waals surface area contributed by atoms with Crippen molar-refractivity contribution in [2.75, 3.05) is 0 Å². The van der Waals surface area contributed by atoms with E-state index >= 15 is 0 Å². The van der Waals surface area contributed by atoms with Crippen LogP contribution >= 0.6 is 0 Å². The molecule has 0 aliphatic heterocycles. The van der Waals surface area contributed by atoms with Crippen molar-refractivity contribution in [3.8, 4) is 0 Å². The van der Waals surface area contributed by atoms with Gasteiger partial charge in [-0.1, -0.05) is 6.07 Å². The second-order valence-electron chi connectivity index (χ2n) is 3.65. The third-order valence-corrected chi connectivity index (χ3v) is 2.65. The molecule has 82 valence electrons. The number of carboxylic acid groups (broad SMARTS) is 1. The molecule has 0 aliphatic rings. The van der Waals surface area contributed by atoms with E-state index in [1.54, 1.807) is 17.0 Å². The van der Waals surface area contributed by atoms with Gasteiger partial charge in [0.2, 0.25) is 0 Å². The molecule has 0 fully saturated rings. The Bertz CT molecular complexity index is 582. The molecular weight excluding hydrogens is 204 g/mol. The second-order valence-corrected chi connectivity index (χ2v) is 3.65. The number of hydrogen-bond acceptors (Lipinski definition) is 2. The standard InChI is InChI=1S/C12H12N2O2/c1-8-9(4-6-12(15)16)3-5-11-10(8)7-13-14(11)2/h3-7H,1-2H3,(H,15,16)/b6-4+. The Balaban J connectivity index is 2.57. The molecule has 2 aromatic rings. The van der Waals surface area contributed by atoms with Crippen LogP contribution in [0.2, 0.25) is 0 Å². The predicted octanol–water partition coefficient (Wildman–Crippen LogP) is 1.98. The first kappa shape index (κ1) is 10.4. The number of rotatable bonds is 2. The first-order valence-electron chi connectivity index (χ1n) is 4.92. The Labute approximate surface area is 92.8 Å². The van der Waals surface area contributed by atoms with Crippen LogP contribution in [0.25, 0.3) is 17.0 Å². The van der Waals surface area contributed by atoms with E-state index in [2.05, 4.69) is 5.10 Å². The summed E-state index contributed by atoms with van der Waals surface area (Å²) in [6, 6.07) is 3.84. The lowest BCUT2D eigenvalue weighted by Gasteiger charge is -2.02. The first-order chi connectivity index (χ1) is 7.59. The zero-order chi connectivity index (χ0) is 11.7. The molecule has 1 aromatic carbocycles. The highest BCUT2D eigenvalue weighted by Crippen LogP contribution is 2.21. The van der Waals surface area contributed by atoms with Gasteiger partial charge in [-0.2, -0.15) is 5.10 Å². The summed E-state index contributed by atoms with van der Waals surface area (Å²) in [7, 11) is 1.88. The Hall–Kier alpha value is -2.10. The molecule has 0 radical (unpaired) electrons.